The van der Waals surface area contributed by atoms with Gasteiger partial charge in [-0.15, -0.1) is 22.5 Å². The zero-order chi connectivity index (χ0) is 14.3. The predicted molar refractivity (Wildman–Crippen MR) is 66.1 cm³/mol. The van der Waals surface area contributed by atoms with Crippen molar-refractivity contribution in [1.29, 1.82) is 0 Å². The van der Waals surface area contributed by atoms with Crippen LogP contribution in [0.3, 0.4) is 0 Å². The van der Waals surface area contributed by atoms with Crippen LogP contribution in [-0.4, -0.2) is 44.5 Å². The van der Waals surface area contributed by atoms with Crippen molar-refractivity contribution in [3.8, 4) is 12.3 Å². The molecule has 1 unspecified atom stereocenters. The summed E-state index contributed by atoms with van der Waals surface area (Å²) in [6, 6.07) is -1.66. The van der Waals surface area contributed by atoms with E-state index in [0.717, 1.165) is 5.82 Å². The van der Waals surface area contributed by atoms with E-state index in [9.17, 15) is 9.59 Å². The van der Waals surface area contributed by atoms with Crippen LogP contribution in [0.25, 0.3) is 0 Å². The molecule has 8 heteroatoms. The molecule has 2 amide bonds. The number of hydrogen-bond acceptors (Lipinski definition) is 4. The van der Waals surface area contributed by atoms with E-state index in [1.807, 2.05) is 0 Å². The van der Waals surface area contributed by atoms with Crippen LogP contribution in [-0.2, 0) is 18.3 Å². The molecule has 0 saturated carbocycles. The largest absolute Gasteiger partial charge is 0.480 e. The number of aryl methyl sites for hydroxylation is 1. The number of aliphatic carboxylic acids is 1. The molecule has 0 aliphatic carbocycles. The molecule has 3 N–H and O–H groups in total. The second kappa shape index (κ2) is 7.00. The highest BCUT2D eigenvalue weighted by Gasteiger charge is 2.18. The number of hydrogen-bond donors (Lipinski definition) is 3. The highest BCUT2D eigenvalue weighted by Crippen LogP contribution is 1.92. The molecule has 0 bridgehead atoms. The highest BCUT2D eigenvalue weighted by atomic mass is 16.4. The summed E-state index contributed by atoms with van der Waals surface area (Å²) in [6.07, 6.45) is 7.01. The second-order valence-corrected chi connectivity index (χ2v) is 3.81. The molecule has 1 atom stereocenters. The van der Waals surface area contributed by atoms with E-state index >= 15 is 0 Å². The van der Waals surface area contributed by atoms with Gasteiger partial charge in [0, 0.05) is 26.4 Å². The number of terminal acetylenes is 1. The van der Waals surface area contributed by atoms with Gasteiger partial charge < -0.3 is 20.3 Å². The van der Waals surface area contributed by atoms with Crippen molar-refractivity contribution >= 4 is 12.0 Å². The number of carboxylic acids is 1. The van der Waals surface area contributed by atoms with Crippen molar-refractivity contribution in [2.45, 2.75) is 18.9 Å². The fourth-order valence-corrected chi connectivity index (χ4v) is 1.35. The number of nitrogens with one attached hydrogen (secondary N) is 2. The van der Waals surface area contributed by atoms with Gasteiger partial charge in [0.1, 0.15) is 18.2 Å². The normalized spacial score (nSPS) is 11.4. The molecular weight excluding hydrogens is 250 g/mol. The summed E-state index contributed by atoms with van der Waals surface area (Å²) in [5.74, 6) is 1.75. The molecule has 102 valence electrons. The van der Waals surface area contributed by atoms with Gasteiger partial charge in [0.15, 0.2) is 0 Å². The van der Waals surface area contributed by atoms with Crippen molar-refractivity contribution in [2.24, 2.45) is 7.05 Å². The fourth-order valence-electron chi connectivity index (χ4n) is 1.35. The van der Waals surface area contributed by atoms with Crippen LogP contribution in [0.1, 0.15) is 12.2 Å². The lowest BCUT2D eigenvalue weighted by atomic mass is 10.2. The number of urea groups is 1. The molecule has 1 aromatic heterocycles. The summed E-state index contributed by atoms with van der Waals surface area (Å²) in [4.78, 5) is 22.2. The Kier molecular flexibility index (Phi) is 5.35. The third kappa shape index (κ3) is 4.67. The molecule has 0 spiro atoms. The first-order valence-electron chi connectivity index (χ1n) is 5.58. The van der Waals surface area contributed by atoms with E-state index in [0.29, 0.717) is 13.0 Å². The molecule has 0 aliphatic rings. The lowest BCUT2D eigenvalue weighted by molar-refractivity contribution is -0.139. The molecule has 0 aromatic carbocycles. The van der Waals surface area contributed by atoms with Gasteiger partial charge in [-0.1, -0.05) is 0 Å². The van der Waals surface area contributed by atoms with Crippen LogP contribution >= 0.6 is 0 Å². The molecule has 8 nitrogen and oxygen atoms in total. The first kappa shape index (κ1) is 14.5. The van der Waals surface area contributed by atoms with Gasteiger partial charge in [-0.3, -0.25) is 0 Å². The third-order valence-corrected chi connectivity index (χ3v) is 2.36. The van der Waals surface area contributed by atoms with Crippen molar-refractivity contribution in [3.63, 3.8) is 0 Å². The van der Waals surface area contributed by atoms with Crippen LogP contribution < -0.4 is 10.6 Å². The zero-order valence-electron chi connectivity index (χ0n) is 10.5. The SMILES string of the molecule is C#CCC(NC(=O)NCCc1nncn1C)C(=O)O. The number of aromatic nitrogens is 3. The molecule has 1 rings (SSSR count). The first-order valence-corrected chi connectivity index (χ1v) is 5.58. The third-order valence-electron chi connectivity index (χ3n) is 2.36. The van der Waals surface area contributed by atoms with Gasteiger partial charge in [-0.05, 0) is 0 Å². The molecule has 0 radical (unpaired) electrons. The van der Waals surface area contributed by atoms with Crippen molar-refractivity contribution < 1.29 is 14.7 Å². The predicted octanol–water partition coefficient (Wildman–Crippen LogP) is -0.867. The Balaban J connectivity index is 2.33. The Hall–Kier alpha value is -2.56. The number of carbonyl (C=O) groups is 2. The van der Waals surface area contributed by atoms with Crippen LogP contribution in [0, 0.1) is 12.3 Å². The summed E-state index contributed by atoms with van der Waals surface area (Å²) >= 11 is 0. The minimum Gasteiger partial charge on any atom is -0.480 e. The summed E-state index contributed by atoms with van der Waals surface area (Å²) in [5, 5.41) is 21.2. The Morgan fingerprint density at radius 1 is 1.63 bits per heavy atom. The number of amides is 2. The Labute approximate surface area is 110 Å². The van der Waals surface area contributed by atoms with E-state index in [-0.39, 0.29) is 6.42 Å². The van der Waals surface area contributed by atoms with Crippen LogP contribution in [0.15, 0.2) is 6.33 Å². The number of nitrogens with zero attached hydrogens (tertiary/aromatic N) is 3. The summed E-state index contributed by atoms with van der Waals surface area (Å²) in [5.41, 5.74) is 0. The Morgan fingerprint density at radius 2 is 2.37 bits per heavy atom. The molecule has 1 heterocycles. The maximum Gasteiger partial charge on any atom is 0.327 e. The number of carboxylic acid groups (broad SMARTS) is 1. The van der Waals surface area contributed by atoms with Crippen LogP contribution in [0.5, 0.6) is 0 Å². The maximum atomic E-state index is 11.4. The average Bonchev–Trinajstić information content (AvgIpc) is 2.74. The topological polar surface area (TPSA) is 109 Å². The van der Waals surface area contributed by atoms with Gasteiger partial charge >= 0.3 is 12.0 Å². The van der Waals surface area contributed by atoms with Crippen molar-refractivity contribution in [2.75, 3.05) is 6.54 Å². The van der Waals surface area contributed by atoms with E-state index < -0.39 is 18.0 Å². The lowest BCUT2D eigenvalue weighted by Gasteiger charge is -2.12. The number of carbonyl (C=O) groups excluding carboxylic acids is 1. The van der Waals surface area contributed by atoms with E-state index in [1.54, 1.807) is 17.9 Å². The minimum atomic E-state index is -1.17. The molecular formula is C11H15N5O3. The van der Waals surface area contributed by atoms with Crippen LogP contribution in [0.2, 0.25) is 0 Å². The van der Waals surface area contributed by atoms with Gasteiger partial charge in [0.25, 0.3) is 0 Å². The molecule has 0 aliphatic heterocycles. The molecule has 19 heavy (non-hydrogen) atoms. The van der Waals surface area contributed by atoms with Crippen molar-refractivity contribution in [1.82, 2.24) is 25.4 Å². The molecule has 0 saturated heterocycles. The minimum absolute atomic E-state index is 0.0635. The van der Waals surface area contributed by atoms with Gasteiger partial charge in [0.05, 0.1) is 0 Å². The molecule has 0 fully saturated rings. The zero-order valence-corrected chi connectivity index (χ0v) is 10.5. The van der Waals surface area contributed by atoms with Crippen molar-refractivity contribution in [3.05, 3.63) is 12.2 Å². The van der Waals surface area contributed by atoms with Gasteiger partial charge in [-0.25, -0.2) is 9.59 Å². The fraction of sp³-hybridized carbons (Fsp3) is 0.455. The van der Waals surface area contributed by atoms with E-state index in [1.165, 1.54) is 0 Å². The highest BCUT2D eigenvalue weighted by molar-refractivity contribution is 5.82. The van der Waals surface area contributed by atoms with E-state index in [2.05, 4.69) is 26.8 Å². The second-order valence-electron chi connectivity index (χ2n) is 3.81. The number of rotatable bonds is 6. The van der Waals surface area contributed by atoms with Gasteiger partial charge in [0.2, 0.25) is 0 Å². The van der Waals surface area contributed by atoms with Gasteiger partial charge in [-0.2, -0.15) is 0 Å². The monoisotopic (exact) mass is 265 g/mol. The smallest absolute Gasteiger partial charge is 0.327 e. The quantitative estimate of drug-likeness (QED) is 0.579. The van der Waals surface area contributed by atoms with Crippen LogP contribution in [0.4, 0.5) is 4.79 Å². The maximum absolute atomic E-state index is 11.4. The molecule has 1 aromatic rings. The average molecular weight is 265 g/mol. The first-order chi connectivity index (χ1) is 9.04. The summed E-state index contributed by atoms with van der Waals surface area (Å²) in [6.45, 7) is 0.320. The summed E-state index contributed by atoms with van der Waals surface area (Å²) in [7, 11) is 1.79. The van der Waals surface area contributed by atoms with E-state index in [4.69, 9.17) is 11.5 Å². The lowest BCUT2D eigenvalue weighted by Crippen LogP contribution is -2.46. The summed E-state index contributed by atoms with van der Waals surface area (Å²) < 4.78 is 1.73. The Bertz CT molecular complexity index is 491. The standard InChI is InChI=1S/C11H15N5O3/c1-3-4-8(10(17)18)14-11(19)12-6-5-9-15-13-7-16(9)2/h1,7-8H,4-6H2,2H3,(H,17,18)(H2,12,14,19). The Morgan fingerprint density at radius 3 is 2.89 bits per heavy atom.